The summed E-state index contributed by atoms with van der Waals surface area (Å²) >= 11 is 5.96. The Bertz CT molecular complexity index is 639. The molecule has 7 heteroatoms. The zero-order valence-corrected chi connectivity index (χ0v) is 14.6. The van der Waals surface area contributed by atoms with Gasteiger partial charge in [-0.1, -0.05) is 25.4 Å². The SMILES string of the molecule is Cc1c(Cl)cc(S(=O)(=O)Cl)cc1C(=O)OC(C)CC(C)C. The minimum absolute atomic E-state index is 0.109. The molecule has 0 aliphatic heterocycles. The third-order valence-electron chi connectivity index (χ3n) is 2.93. The Balaban J connectivity index is 3.12. The lowest BCUT2D eigenvalue weighted by atomic mass is 10.1. The summed E-state index contributed by atoms with van der Waals surface area (Å²) < 4.78 is 28.1. The fourth-order valence-electron chi connectivity index (χ4n) is 1.96. The van der Waals surface area contributed by atoms with E-state index in [1.165, 1.54) is 12.1 Å². The molecule has 0 bridgehead atoms. The molecule has 0 aromatic heterocycles. The highest BCUT2D eigenvalue weighted by atomic mass is 35.7. The van der Waals surface area contributed by atoms with Crippen molar-refractivity contribution in [2.75, 3.05) is 0 Å². The summed E-state index contributed by atoms with van der Waals surface area (Å²) in [5.41, 5.74) is 0.569. The molecule has 0 saturated heterocycles. The van der Waals surface area contributed by atoms with Crippen LogP contribution in [0.15, 0.2) is 17.0 Å². The summed E-state index contributed by atoms with van der Waals surface area (Å²) in [4.78, 5) is 12.0. The molecular formula is C14H18Cl2O4S. The molecule has 1 atom stereocenters. The van der Waals surface area contributed by atoms with Gasteiger partial charge in [0.2, 0.25) is 0 Å². The van der Waals surface area contributed by atoms with Crippen LogP contribution >= 0.6 is 22.3 Å². The summed E-state index contributed by atoms with van der Waals surface area (Å²) in [7, 11) is 1.33. The molecule has 0 aliphatic rings. The van der Waals surface area contributed by atoms with Crippen LogP contribution in [0.1, 0.15) is 43.1 Å². The fraction of sp³-hybridized carbons (Fsp3) is 0.500. The van der Waals surface area contributed by atoms with Crippen molar-refractivity contribution in [2.24, 2.45) is 5.92 Å². The molecule has 118 valence electrons. The molecule has 0 spiro atoms. The van der Waals surface area contributed by atoms with E-state index in [0.717, 1.165) is 0 Å². The molecule has 0 aliphatic carbocycles. The maximum Gasteiger partial charge on any atom is 0.338 e. The molecule has 1 rings (SSSR count). The summed E-state index contributed by atoms with van der Waals surface area (Å²) in [6.07, 6.45) is 0.443. The first-order valence-electron chi connectivity index (χ1n) is 6.48. The minimum atomic E-state index is -3.97. The molecule has 1 aromatic carbocycles. The van der Waals surface area contributed by atoms with Crippen molar-refractivity contribution in [1.29, 1.82) is 0 Å². The van der Waals surface area contributed by atoms with Gasteiger partial charge in [0.1, 0.15) is 0 Å². The average molecular weight is 353 g/mol. The van der Waals surface area contributed by atoms with Crippen LogP contribution in [0.4, 0.5) is 0 Å². The Morgan fingerprint density at radius 1 is 1.29 bits per heavy atom. The molecule has 0 N–H and O–H groups in total. The second-order valence-corrected chi connectivity index (χ2v) is 8.33. The maximum atomic E-state index is 12.2. The van der Waals surface area contributed by atoms with Crippen LogP contribution in [0.2, 0.25) is 5.02 Å². The molecule has 1 unspecified atom stereocenters. The molecule has 0 fully saturated rings. The van der Waals surface area contributed by atoms with Crippen LogP contribution < -0.4 is 0 Å². The van der Waals surface area contributed by atoms with E-state index < -0.39 is 15.0 Å². The van der Waals surface area contributed by atoms with Gasteiger partial charge in [0.05, 0.1) is 16.6 Å². The van der Waals surface area contributed by atoms with Gasteiger partial charge in [-0.2, -0.15) is 0 Å². The lowest BCUT2D eigenvalue weighted by Gasteiger charge is -2.16. The normalized spacial score (nSPS) is 13.3. The van der Waals surface area contributed by atoms with Crippen LogP contribution in [0, 0.1) is 12.8 Å². The molecule has 21 heavy (non-hydrogen) atoms. The molecule has 0 heterocycles. The van der Waals surface area contributed by atoms with Crippen LogP contribution in [0.3, 0.4) is 0 Å². The van der Waals surface area contributed by atoms with Gasteiger partial charge in [0, 0.05) is 15.7 Å². The van der Waals surface area contributed by atoms with Gasteiger partial charge < -0.3 is 4.74 Å². The quantitative estimate of drug-likeness (QED) is 0.589. The first-order chi connectivity index (χ1) is 9.52. The Morgan fingerprint density at radius 2 is 1.86 bits per heavy atom. The topological polar surface area (TPSA) is 60.4 Å². The van der Waals surface area contributed by atoms with Gasteiger partial charge in [0.15, 0.2) is 0 Å². The largest absolute Gasteiger partial charge is 0.459 e. The molecular weight excluding hydrogens is 335 g/mol. The van der Waals surface area contributed by atoms with E-state index >= 15 is 0 Å². The fourth-order valence-corrected chi connectivity index (χ4v) is 3.03. The van der Waals surface area contributed by atoms with Gasteiger partial charge in [-0.3, -0.25) is 0 Å². The first-order valence-corrected chi connectivity index (χ1v) is 9.17. The maximum absolute atomic E-state index is 12.2. The number of carbonyl (C=O) groups is 1. The molecule has 0 radical (unpaired) electrons. The molecule has 0 saturated carbocycles. The summed E-state index contributed by atoms with van der Waals surface area (Å²) in [6, 6.07) is 2.40. The zero-order chi connectivity index (χ0) is 16.4. The third kappa shape index (κ3) is 5.16. The number of esters is 1. The van der Waals surface area contributed by atoms with Gasteiger partial charge in [-0.15, -0.1) is 0 Å². The number of benzene rings is 1. The number of hydrogen-bond acceptors (Lipinski definition) is 4. The lowest BCUT2D eigenvalue weighted by molar-refractivity contribution is 0.0298. The second kappa shape index (κ2) is 6.99. The standard InChI is InChI=1S/C14H18Cl2O4S/c1-8(2)5-9(3)20-14(17)12-6-11(21(16,18)19)7-13(15)10(12)4/h6-9H,5H2,1-4H3. The highest BCUT2D eigenvalue weighted by Crippen LogP contribution is 2.27. The third-order valence-corrected chi connectivity index (χ3v) is 4.66. The molecule has 1 aromatic rings. The zero-order valence-electron chi connectivity index (χ0n) is 12.3. The van der Waals surface area contributed by atoms with E-state index in [1.54, 1.807) is 13.8 Å². The van der Waals surface area contributed by atoms with Crippen molar-refractivity contribution in [1.82, 2.24) is 0 Å². The number of ether oxygens (including phenoxy) is 1. The van der Waals surface area contributed by atoms with E-state index in [2.05, 4.69) is 0 Å². The first kappa shape index (κ1) is 18.3. The Morgan fingerprint density at radius 3 is 2.33 bits per heavy atom. The predicted molar refractivity (Wildman–Crippen MR) is 83.6 cm³/mol. The monoisotopic (exact) mass is 352 g/mol. The van der Waals surface area contributed by atoms with Crippen molar-refractivity contribution >= 4 is 37.3 Å². The Labute approximate surface area is 134 Å². The van der Waals surface area contributed by atoms with Crippen LogP contribution in [-0.2, 0) is 13.8 Å². The van der Waals surface area contributed by atoms with E-state index in [-0.39, 0.29) is 21.6 Å². The minimum Gasteiger partial charge on any atom is -0.459 e. The van der Waals surface area contributed by atoms with E-state index in [4.69, 9.17) is 27.0 Å². The number of hydrogen-bond donors (Lipinski definition) is 0. The Hall–Kier alpha value is -0.780. The van der Waals surface area contributed by atoms with E-state index in [9.17, 15) is 13.2 Å². The smallest absolute Gasteiger partial charge is 0.338 e. The number of carbonyl (C=O) groups excluding carboxylic acids is 1. The predicted octanol–water partition coefficient (Wildman–Crippen LogP) is 4.17. The second-order valence-electron chi connectivity index (χ2n) is 5.36. The Kier molecular flexibility index (Phi) is 6.08. The van der Waals surface area contributed by atoms with Gasteiger partial charge >= 0.3 is 5.97 Å². The van der Waals surface area contributed by atoms with Crippen molar-refractivity contribution in [3.63, 3.8) is 0 Å². The summed E-state index contributed by atoms with van der Waals surface area (Å²) in [5, 5.41) is 0.153. The number of rotatable bonds is 5. The van der Waals surface area contributed by atoms with Gasteiger partial charge in [-0.05, 0) is 43.9 Å². The van der Waals surface area contributed by atoms with Crippen molar-refractivity contribution < 1.29 is 17.9 Å². The lowest BCUT2D eigenvalue weighted by Crippen LogP contribution is -2.18. The van der Waals surface area contributed by atoms with Crippen LogP contribution in [-0.4, -0.2) is 20.5 Å². The molecule has 4 nitrogen and oxygen atoms in total. The average Bonchev–Trinajstić information content (AvgIpc) is 2.29. The van der Waals surface area contributed by atoms with E-state index in [1.807, 2.05) is 13.8 Å². The van der Waals surface area contributed by atoms with Crippen molar-refractivity contribution in [2.45, 2.75) is 45.1 Å². The highest BCUT2D eigenvalue weighted by Gasteiger charge is 2.21. The van der Waals surface area contributed by atoms with E-state index in [0.29, 0.717) is 17.9 Å². The van der Waals surface area contributed by atoms with Gasteiger partial charge in [0.25, 0.3) is 9.05 Å². The summed E-state index contributed by atoms with van der Waals surface area (Å²) in [6.45, 7) is 7.45. The van der Waals surface area contributed by atoms with Crippen molar-refractivity contribution in [3.8, 4) is 0 Å². The van der Waals surface area contributed by atoms with Crippen LogP contribution in [0.25, 0.3) is 0 Å². The number of halogens is 2. The highest BCUT2D eigenvalue weighted by molar-refractivity contribution is 8.13. The van der Waals surface area contributed by atoms with Crippen LogP contribution in [0.5, 0.6) is 0 Å². The summed E-state index contributed by atoms with van der Waals surface area (Å²) in [5.74, 6) is -0.225. The van der Waals surface area contributed by atoms with Gasteiger partial charge in [-0.25, -0.2) is 13.2 Å². The molecule has 0 amide bonds. The van der Waals surface area contributed by atoms with Crippen molar-refractivity contribution in [3.05, 3.63) is 28.3 Å².